The molecule has 1 aromatic rings. The lowest BCUT2D eigenvalue weighted by Crippen LogP contribution is -2.39. The molecular formula is C12H15N3O2. The predicted molar refractivity (Wildman–Crippen MR) is 64.5 cm³/mol. The number of benzene rings is 1. The van der Waals surface area contributed by atoms with Crippen LogP contribution in [0, 0.1) is 0 Å². The average molecular weight is 233 g/mol. The van der Waals surface area contributed by atoms with Crippen molar-refractivity contribution in [2.75, 3.05) is 18.5 Å². The Balaban J connectivity index is 2.34. The van der Waals surface area contributed by atoms with Crippen LogP contribution in [0.4, 0.5) is 5.69 Å². The van der Waals surface area contributed by atoms with Gasteiger partial charge in [-0.3, -0.25) is 9.59 Å². The van der Waals surface area contributed by atoms with Gasteiger partial charge < -0.3 is 11.1 Å². The lowest BCUT2D eigenvalue weighted by Gasteiger charge is -2.15. The predicted octanol–water partition coefficient (Wildman–Crippen LogP) is -0.220. The van der Waals surface area contributed by atoms with Gasteiger partial charge in [-0.2, -0.15) is 0 Å². The Morgan fingerprint density at radius 1 is 1.53 bits per heavy atom. The number of carbonyl (C=O) groups excluding carboxylic acids is 2. The van der Waals surface area contributed by atoms with Gasteiger partial charge in [0.1, 0.15) is 0 Å². The summed E-state index contributed by atoms with van der Waals surface area (Å²) >= 11 is 0. The maximum Gasteiger partial charge on any atom is 0.247 e. The minimum absolute atomic E-state index is 0.157. The van der Waals surface area contributed by atoms with Gasteiger partial charge >= 0.3 is 0 Å². The van der Waals surface area contributed by atoms with Crippen LogP contribution in [0.5, 0.6) is 0 Å². The van der Waals surface area contributed by atoms with E-state index in [1.807, 2.05) is 12.1 Å². The molecule has 0 aromatic heterocycles. The molecule has 0 bridgehead atoms. The van der Waals surface area contributed by atoms with Crippen LogP contribution in [0.25, 0.3) is 0 Å². The minimum atomic E-state index is -0.225. The van der Waals surface area contributed by atoms with Crippen molar-refractivity contribution in [3.63, 3.8) is 0 Å². The second kappa shape index (κ2) is 4.65. The molecule has 3 N–H and O–H groups in total. The molecule has 0 radical (unpaired) electrons. The summed E-state index contributed by atoms with van der Waals surface area (Å²) in [6.45, 7) is 0.593. The van der Waals surface area contributed by atoms with Crippen LogP contribution in [0.1, 0.15) is 11.1 Å². The van der Waals surface area contributed by atoms with Gasteiger partial charge in [-0.25, -0.2) is 4.90 Å². The maximum atomic E-state index is 11.8. The molecule has 1 aliphatic heterocycles. The zero-order valence-corrected chi connectivity index (χ0v) is 9.69. The number of hydrogen-bond acceptors (Lipinski definition) is 4. The fraction of sp³-hybridized carbons (Fsp3) is 0.333. The molecule has 0 spiro atoms. The largest absolute Gasteiger partial charge is 0.326 e. The van der Waals surface area contributed by atoms with Crippen LogP contribution >= 0.6 is 0 Å². The smallest absolute Gasteiger partial charge is 0.247 e. The Kier molecular flexibility index (Phi) is 3.21. The van der Waals surface area contributed by atoms with Crippen LogP contribution < -0.4 is 16.0 Å². The summed E-state index contributed by atoms with van der Waals surface area (Å²) in [5.74, 6) is -0.397. The molecule has 0 aliphatic carbocycles. The van der Waals surface area contributed by atoms with E-state index in [9.17, 15) is 9.59 Å². The molecule has 5 heteroatoms. The van der Waals surface area contributed by atoms with E-state index in [1.54, 1.807) is 13.1 Å². The monoisotopic (exact) mass is 233 g/mol. The molecule has 0 fully saturated rings. The fourth-order valence-corrected chi connectivity index (χ4v) is 2.01. The lowest BCUT2D eigenvalue weighted by molar-refractivity contribution is -0.125. The van der Waals surface area contributed by atoms with E-state index in [0.717, 1.165) is 11.1 Å². The Morgan fingerprint density at radius 3 is 2.94 bits per heavy atom. The van der Waals surface area contributed by atoms with Gasteiger partial charge in [-0.05, 0) is 24.2 Å². The minimum Gasteiger partial charge on any atom is -0.326 e. The van der Waals surface area contributed by atoms with Gasteiger partial charge in [0.2, 0.25) is 11.8 Å². The van der Waals surface area contributed by atoms with E-state index in [0.29, 0.717) is 12.2 Å². The molecule has 90 valence electrons. The highest BCUT2D eigenvalue weighted by Crippen LogP contribution is 2.29. The molecule has 17 heavy (non-hydrogen) atoms. The number of nitrogens with one attached hydrogen (secondary N) is 1. The third-order valence-corrected chi connectivity index (χ3v) is 2.79. The number of fused-ring (bicyclic) bond motifs is 1. The Labute approximate surface area is 99.6 Å². The Bertz CT molecular complexity index is 471. The van der Waals surface area contributed by atoms with E-state index >= 15 is 0 Å². The van der Waals surface area contributed by atoms with Crippen LogP contribution in [-0.2, 0) is 22.6 Å². The summed E-state index contributed by atoms with van der Waals surface area (Å²) in [6, 6.07) is 5.52. The molecular weight excluding hydrogens is 218 g/mol. The molecule has 2 amide bonds. The van der Waals surface area contributed by atoms with Crippen LogP contribution in [-0.4, -0.2) is 25.4 Å². The molecule has 1 aliphatic rings. The second-order valence-electron chi connectivity index (χ2n) is 4.00. The second-order valence-corrected chi connectivity index (χ2v) is 4.00. The summed E-state index contributed by atoms with van der Waals surface area (Å²) in [5, 5.41) is 2.75. The van der Waals surface area contributed by atoms with Crippen LogP contribution in [0.15, 0.2) is 18.2 Å². The van der Waals surface area contributed by atoms with E-state index in [2.05, 4.69) is 5.32 Å². The number of nitrogens with two attached hydrogens (primary N) is 1. The molecule has 0 atom stereocenters. The molecule has 2 rings (SSSR count). The molecule has 1 aromatic carbocycles. The number of carbonyl (C=O) groups is 2. The first-order chi connectivity index (χ1) is 8.17. The zero-order chi connectivity index (χ0) is 12.4. The van der Waals surface area contributed by atoms with E-state index in [4.69, 9.17) is 5.73 Å². The van der Waals surface area contributed by atoms with Crippen LogP contribution in [0.3, 0.4) is 0 Å². The third kappa shape index (κ3) is 2.07. The summed E-state index contributed by atoms with van der Waals surface area (Å²) in [5.41, 5.74) is 8.08. The van der Waals surface area contributed by atoms with Crippen LogP contribution in [0.2, 0.25) is 0 Å². The number of imide groups is 1. The fourth-order valence-electron chi connectivity index (χ4n) is 2.01. The lowest BCUT2D eigenvalue weighted by atomic mass is 10.1. The SMILES string of the molecule is CNCC(=O)N1C(=O)Cc2cc(CN)ccc21. The van der Waals surface area contributed by atoms with Crippen molar-refractivity contribution in [2.45, 2.75) is 13.0 Å². The summed E-state index contributed by atoms with van der Waals surface area (Å²) in [4.78, 5) is 24.8. The number of nitrogens with zero attached hydrogens (tertiary/aromatic N) is 1. The quantitative estimate of drug-likeness (QED) is 0.757. The molecule has 0 saturated carbocycles. The van der Waals surface area contributed by atoms with Gasteiger partial charge in [-0.15, -0.1) is 0 Å². The number of rotatable bonds is 3. The first kappa shape index (κ1) is 11.8. The number of likely N-dealkylation sites (N-methyl/N-ethyl adjacent to an activating group) is 1. The van der Waals surface area contributed by atoms with E-state index < -0.39 is 0 Å². The first-order valence-corrected chi connectivity index (χ1v) is 5.49. The highest BCUT2D eigenvalue weighted by molar-refractivity contribution is 6.19. The van der Waals surface area contributed by atoms with E-state index in [-0.39, 0.29) is 24.8 Å². The Hall–Kier alpha value is -1.72. The van der Waals surface area contributed by atoms with Crippen molar-refractivity contribution < 1.29 is 9.59 Å². The normalized spacial score (nSPS) is 14.0. The van der Waals surface area contributed by atoms with Crippen molar-refractivity contribution in [2.24, 2.45) is 5.73 Å². The Morgan fingerprint density at radius 2 is 2.29 bits per heavy atom. The van der Waals surface area contributed by atoms with Gasteiger partial charge in [0.25, 0.3) is 0 Å². The molecule has 5 nitrogen and oxygen atoms in total. The average Bonchev–Trinajstić information content (AvgIpc) is 2.64. The summed E-state index contributed by atoms with van der Waals surface area (Å²) in [7, 11) is 1.68. The van der Waals surface area contributed by atoms with Gasteiger partial charge in [-0.1, -0.05) is 12.1 Å². The summed E-state index contributed by atoms with van der Waals surface area (Å²) in [6.07, 6.45) is 0.276. The molecule has 0 unspecified atom stereocenters. The van der Waals surface area contributed by atoms with Crippen molar-refractivity contribution in [1.82, 2.24) is 5.32 Å². The third-order valence-electron chi connectivity index (χ3n) is 2.79. The first-order valence-electron chi connectivity index (χ1n) is 5.49. The highest BCUT2D eigenvalue weighted by atomic mass is 16.2. The number of amides is 2. The summed E-state index contributed by atoms with van der Waals surface area (Å²) < 4.78 is 0. The van der Waals surface area contributed by atoms with Gasteiger partial charge in [0, 0.05) is 6.54 Å². The van der Waals surface area contributed by atoms with E-state index in [1.165, 1.54) is 4.90 Å². The maximum absolute atomic E-state index is 11.8. The van der Waals surface area contributed by atoms with Crippen molar-refractivity contribution >= 4 is 17.5 Å². The standard InChI is InChI=1S/C12H15N3O2/c1-14-7-12(17)15-10-3-2-8(6-13)4-9(10)5-11(15)16/h2-4,14H,5-7,13H2,1H3. The van der Waals surface area contributed by atoms with Crippen molar-refractivity contribution in [1.29, 1.82) is 0 Å². The highest BCUT2D eigenvalue weighted by Gasteiger charge is 2.31. The van der Waals surface area contributed by atoms with Gasteiger partial charge in [0.05, 0.1) is 18.7 Å². The zero-order valence-electron chi connectivity index (χ0n) is 9.69. The topological polar surface area (TPSA) is 75.4 Å². The van der Waals surface area contributed by atoms with Crippen molar-refractivity contribution in [3.05, 3.63) is 29.3 Å². The number of hydrogen-bond donors (Lipinski definition) is 2. The molecule has 0 saturated heterocycles. The number of anilines is 1. The van der Waals surface area contributed by atoms with Gasteiger partial charge in [0.15, 0.2) is 0 Å². The van der Waals surface area contributed by atoms with Crippen molar-refractivity contribution in [3.8, 4) is 0 Å². The molecule has 1 heterocycles.